The molecule has 0 aliphatic carbocycles. The summed E-state index contributed by atoms with van der Waals surface area (Å²) in [6.07, 6.45) is 3.11. The summed E-state index contributed by atoms with van der Waals surface area (Å²) in [5, 5.41) is 10.3. The number of phenols is 1. The SMILES string of the molecule is COc1cc(OC)c(C(=O)/C=C/c2ccccc2)c(O)c1C. The highest BCUT2D eigenvalue weighted by Gasteiger charge is 2.20. The van der Waals surface area contributed by atoms with Gasteiger partial charge in [0.2, 0.25) is 0 Å². The lowest BCUT2D eigenvalue weighted by Gasteiger charge is -2.13. The van der Waals surface area contributed by atoms with E-state index >= 15 is 0 Å². The molecule has 2 aromatic carbocycles. The van der Waals surface area contributed by atoms with E-state index in [-0.39, 0.29) is 22.8 Å². The molecule has 4 heteroatoms. The summed E-state index contributed by atoms with van der Waals surface area (Å²) in [4.78, 5) is 12.4. The molecular weight excluding hydrogens is 280 g/mol. The van der Waals surface area contributed by atoms with E-state index < -0.39 is 0 Å². The summed E-state index contributed by atoms with van der Waals surface area (Å²) >= 11 is 0. The van der Waals surface area contributed by atoms with Gasteiger partial charge >= 0.3 is 0 Å². The van der Waals surface area contributed by atoms with Gasteiger partial charge in [0.05, 0.1) is 14.2 Å². The van der Waals surface area contributed by atoms with Gasteiger partial charge in [-0.15, -0.1) is 0 Å². The lowest BCUT2D eigenvalue weighted by atomic mass is 10.0. The van der Waals surface area contributed by atoms with E-state index in [0.29, 0.717) is 11.3 Å². The Morgan fingerprint density at radius 3 is 2.32 bits per heavy atom. The number of allylic oxidation sites excluding steroid dienone is 1. The van der Waals surface area contributed by atoms with Crippen LogP contribution in [0.5, 0.6) is 17.2 Å². The topological polar surface area (TPSA) is 55.8 Å². The van der Waals surface area contributed by atoms with Crippen LogP contribution in [0.25, 0.3) is 6.08 Å². The molecule has 0 saturated heterocycles. The first kappa shape index (κ1) is 15.6. The number of hydrogen-bond donors (Lipinski definition) is 1. The van der Waals surface area contributed by atoms with Crippen LogP contribution in [0.3, 0.4) is 0 Å². The van der Waals surface area contributed by atoms with Crippen LogP contribution in [-0.2, 0) is 0 Å². The molecular formula is C18H18O4. The molecule has 0 aromatic heterocycles. The molecule has 2 rings (SSSR count). The molecule has 1 N–H and O–H groups in total. The maximum Gasteiger partial charge on any atom is 0.193 e. The molecule has 0 aliphatic heterocycles. The number of hydrogen-bond acceptors (Lipinski definition) is 4. The van der Waals surface area contributed by atoms with Gasteiger partial charge in [0, 0.05) is 11.6 Å². The third-order valence-electron chi connectivity index (χ3n) is 3.38. The van der Waals surface area contributed by atoms with Gasteiger partial charge in [-0.3, -0.25) is 4.79 Å². The number of phenolic OH excluding ortho intramolecular Hbond substituents is 1. The number of benzene rings is 2. The zero-order chi connectivity index (χ0) is 16.1. The molecule has 0 spiro atoms. The number of carbonyl (C=O) groups is 1. The van der Waals surface area contributed by atoms with Crippen LogP contribution in [0, 0.1) is 6.92 Å². The highest BCUT2D eigenvalue weighted by atomic mass is 16.5. The van der Waals surface area contributed by atoms with Gasteiger partial charge in [-0.25, -0.2) is 0 Å². The minimum absolute atomic E-state index is 0.126. The zero-order valence-electron chi connectivity index (χ0n) is 12.8. The average Bonchev–Trinajstić information content (AvgIpc) is 2.55. The lowest BCUT2D eigenvalue weighted by molar-refractivity contribution is 0.104. The van der Waals surface area contributed by atoms with Crippen molar-refractivity contribution in [1.82, 2.24) is 0 Å². The minimum Gasteiger partial charge on any atom is -0.507 e. The highest BCUT2D eigenvalue weighted by Crippen LogP contribution is 2.38. The van der Waals surface area contributed by atoms with Crippen molar-refractivity contribution in [3.8, 4) is 17.2 Å². The second kappa shape index (κ2) is 6.80. The largest absolute Gasteiger partial charge is 0.507 e. The molecule has 0 fully saturated rings. The van der Waals surface area contributed by atoms with Gasteiger partial charge in [-0.1, -0.05) is 36.4 Å². The van der Waals surface area contributed by atoms with E-state index in [1.54, 1.807) is 19.1 Å². The Balaban J connectivity index is 2.41. The molecule has 0 heterocycles. The third-order valence-corrected chi connectivity index (χ3v) is 3.38. The van der Waals surface area contributed by atoms with Gasteiger partial charge in [0.15, 0.2) is 5.78 Å². The van der Waals surface area contributed by atoms with Crippen molar-refractivity contribution in [2.24, 2.45) is 0 Å². The molecule has 0 bridgehead atoms. The van der Waals surface area contributed by atoms with E-state index in [9.17, 15) is 9.90 Å². The molecule has 22 heavy (non-hydrogen) atoms. The normalized spacial score (nSPS) is 10.7. The molecule has 0 saturated carbocycles. The van der Waals surface area contributed by atoms with E-state index in [1.807, 2.05) is 30.3 Å². The second-order valence-electron chi connectivity index (χ2n) is 4.74. The smallest absolute Gasteiger partial charge is 0.193 e. The first-order valence-corrected chi connectivity index (χ1v) is 6.80. The van der Waals surface area contributed by atoms with Crippen molar-refractivity contribution in [2.45, 2.75) is 6.92 Å². The predicted octanol–water partition coefficient (Wildman–Crippen LogP) is 3.61. The fourth-order valence-corrected chi connectivity index (χ4v) is 2.15. The number of methoxy groups -OCH3 is 2. The van der Waals surface area contributed by atoms with Crippen LogP contribution in [0.1, 0.15) is 21.5 Å². The van der Waals surface area contributed by atoms with Gasteiger partial charge in [-0.05, 0) is 18.6 Å². The van der Waals surface area contributed by atoms with Gasteiger partial charge < -0.3 is 14.6 Å². The Morgan fingerprint density at radius 2 is 1.73 bits per heavy atom. The quantitative estimate of drug-likeness (QED) is 0.676. The van der Waals surface area contributed by atoms with E-state index in [4.69, 9.17) is 9.47 Å². The van der Waals surface area contributed by atoms with Crippen LogP contribution < -0.4 is 9.47 Å². The molecule has 0 atom stereocenters. The monoisotopic (exact) mass is 298 g/mol. The first-order chi connectivity index (χ1) is 10.6. The Bertz CT molecular complexity index is 703. The van der Waals surface area contributed by atoms with Crippen molar-refractivity contribution in [1.29, 1.82) is 0 Å². The molecule has 114 valence electrons. The number of rotatable bonds is 5. The summed E-state index contributed by atoms with van der Waals surface area (Å²) in [7, 11) is 2.94. The summed E-state index contributed by atoms with van der Waals surface area (Å²) in [6.45, 7) is 1.69. The third kappa shape index (κ3) is 3.11. The molecule has 2 aromatic rings. The van der Waals surface area contributed by atoms with Gasteiger partial charge in [0.1, 0.15) is 22.8 Å². The number of carbonyl (C=O) groups excluding carboxylic acids is 1. The van der Waals surface area contributed by atoms with Crippen molar-refractivity contribution < 1.29 is 19.4 Å². The van der Waals surface area contributed by atoms with Crippen molar-refractivity contribution in [3.05, 3.63) is 59.2 Å². The fourth-order valence-electron chi connectivity index (χ4n) is 2.15. The molecule has 0 unspecified atom stereocenters. The Hall–Kier alpha value is -2.75. The van der Waals surface area contributed by atoms with E-state index in [2.05, 4.69) is 0 Å². The molecule has 0 radical (unpaired) electrons. The number of ketones is 1. The Kier molecular flexibility index (Phi) is 4.84. The maximum atomic E-state index is 12.4. The second-order valence-corrected chi connectivity index (χ2v) is 4.74. The number of aromatic hydroxyl groups is 1. The van der Waals surface area contributed by atoms with Crippen molar-refractivity contribution in [2.75, 3.05) is 14.2 Å². The van der Waals surface area contributed by atoms with Gasteiger partial charge in [-0.2, -0.15) is 0 Å². The number of ether oxygens (including phenoxy) is 2. The molecule has 4 nitrogen and oxygen atoms in total. The fraction of sp³-hybridized carbons (Fsp3) is 0.167. The Labute approximate surface area is 129 Å². The van der Waals surface area contributed by atoms with E-state index in [0.717, 1.165) is 5.56 Å². The molecule has 0 aliphatic rings. The van der Waals surface area contributed by atoms with Crippen LogP contribution in [0.2, 0.25) is 0 Å². The first-order valence-electron chi connectivity index (χ1n) is 6.80. The Morgan fingerprint density at radius 1 is 1.09 bits per heavy atom. The van der Waals surface area contributed by atoms with Crippen molar-refractivity contribution >= 4 is 11.9 Å². The minimum atomic E-state index is -0.330. The van der Waals surface area contributed by atoms with E-state index in [1.165, 1.54) is 20.3 Å². The summed E-state index contributed by atoms with van der Waals surface area (Å²) in [5.41, 5.74) is 1.53. The van der Waals surface area contributed by atoms with Crippen LogP contribution >= 0.6 is 0 Å². The van der Waals surface area contributed by atoms with Crippen molar-refractivity contribution in [3.63, 3.8) is 0 Å². The summed E-state index contributed by atoms with van der Waals surface area (Å²) in [6, 6.07) is 11.1. The lowest BCUT2D eigenvalue weighted by Crippen LogP contribution is -2.02. The maximum absolute atomic E-state index is 12.4. The predicted molar refractivity (Wildman–Crippen MR) is 85.8 cm³/mol. The summed E-state index contributed by atoms with van der Waals surface area (Å²) in [5.74, 6) is 0.295. The van der Waals surface area contributed by atoms with Gasteiger partial charge in [0.25, 0.3) is 0 Å². The van der Waals surface area contributed by atoms with Crippen LogP contribution in [0.4, 0.5) is 0 Å². The summed E-state index contributed by atoms with van der Waals surface area (Å²) < 4.78 is 10.4. The van der Waals surface area contributed by atoms with Crippen LogP contribution in [-0.4, -0.2) is 25.1 Å². The average molecular weight is 298 g/mol. The molecule has 0 amide bonds. The zero-order valence-corrected chi connectivity index (χ0v) is 12.8. The highest BCUT2D eigenvalue weighted by molar-refractivity contribution is 6.11. The standard InChI is InChI=1S/C18H18O4/c1-12-15(21-2)11-16(22-3)17(18(12)20)14(19)10-9-13-7-5-4-6-8-13/h4-11,20H,1-3H3/b10-9+. The van der Waals surface area contributed by atoms with Crippen LogP contribution in [0.15, 0.2) is 42.5 Å².